The fourth-order valence-corrected chi connectivity index (χ4v) is 7.71. The minimum atomic E-state index is 0.537. The standard InChI is InChI=1S/C48H32N4O/c1-3-41(33-26-27-47-40(28-33)37-22-12-15-25-46(37)53-47)50-48(32-16-6-4-7-17-32)49-31(2)51-42-23-13-10-20-35(42)38-30-45-39(29-44(38)51)36-21-11-14-24-43(36)52(45)34-18-8-5-9-19-34/h3-30H,1-2H2/b49-48-,50-41+. The molecule has 0 amide bonds. The van der Waals surface area contributed by atoms with Crippen LogP contribution in [0.25, 0.3) is 77.1 Å². The smallest absolute Gasteiger partial charge is 0.162 e. The normalized spacial score (nSPS) is 12.5. The highest BCUT2D eigenvalue weighted by molar-refractivity contribution is 6.21. The van der Waals surface area contributed by atoms with E-state index in [1.807, 2.05) is 60.7 Å². The number of nitrogens with zero attached hydrogens (tertiary/aromatic N) is 4. The van der Waals surface area contributed by atoms with Crippen molar-refractivity contribution in [2.45, 2.75) is 0 Å². The van der Waals surface area contributed by atoms with Gasteiger partial charge in [-0.05, 0) is 66.7 Å². The van der Waals surface area contributed by atoms with Gasteiger partial charge in [0.05, 0.1) is 27.8 Å². The Kier molecular flexibility index (Phi) is 7.05. The van der Waals surface area contributed by atoms with E-state index in [1.54, 1.807) is 6.08 Å². The number of para-hydroxylation sites is 4. The van der Waals surface area contributed by atoms with Gasteiger partial charge in [0.1, 0.15) is 17.0 Å². The van der Waals surface area contributed by atoms with E-state index in [4.69, 9.17) is 14.4 Å². The van der Waals surface area contributed by atoms with Crippen molar-refractivity contribution in [2.75, 3.05) is 0 Å². The van der Waals surface area contributed by atoms with Crippen molar-refractivity contribution in [3.63, 3.8) is 0 Å². The Morgan fingerprint density at radius 3 is 1.87 bits per heavy atom. The van der Waals surface area contributed by atoms with E-state index in [9.17, 15) is 0 Å². The van der Waals surface area contributed by atoms with E-state index in [2.05, 4.69) is 125 Å². The fraction of sp³-hybridized carbons (Fsp3) is 0. The number of furan rings is 1. The lowest BCUT2D eigenvalue weighted by Gasteiger charge is -2.11. The minimum Gasteiger partial charge on any atom is -0.456 e. The Bertz CT molecular complexity index is 3140. The maximum atomic E-state index is 6.10. The van der Waals surface area contributed by atoms with Gasteiger partial charge in [0, 0.05) is 49.1 Å². The molecule has 0 aliphatic carbocycles. The second kappa shape index (κ2) is 12.2. The number of amidine groups is 1. The average Bonchev–Trinajstić information content (AvgIpc) is 3.86. The SMILES string of the molecule is C=C/C(=N\C(=N/C(=C)n1c2ccccc2c2cc3c(cc21)c1ccccc1n3-c1ccccc1)c1ccccc1)c1ccc2oc3ccccc3c2c1. The minimum absolute atomic E-state index is 0.537. The van der Waals surface area contributed by atoms with Gasteiger partial charge in [-0.25, -0.2) is 9.98 Å². The number of allylic oxidation sites excluding steroid dienone is 1. The molecule has 250 valence electrons. The van der Waals surface area contributed by atoms with E-state index in [1.165, 1.54) is 5.39 Å². The highest BCUT2D eigenvalue weighted by Crippen LogP contribution is 2.39. The van der Waals surface area contributed by atoms with Crippen LogP contribution in [0.5, 0.6) is 0 Å². The van der Waals surface area contributed by atoms with Gasteiger partial charge in [-0.1, -0.05) is 116 Å². The molecule has 0 unspecified atom stereocenters. The molecule has 0 saturated carbocycles. The van der Waals surface area contributed by atoms with Crippen LogP contribution >= 0.6 is 0 Å². The third-order valence-corrected chi connectivity index (χ3v) is 10.1. The number of hydrogen-bond acceptors (Lipinski definition) is 2. The number of benzene rings is 7. The molecule has 3 aromatic heterocycles. The summed E-state index contributed by atoms with van der Waals surface area (Å²) in [5.41, 5.74) is 9.66. The van der Waals surface area contributed by atoms with Gasteiger partial charge >= 0.3 is 0 Å². The van der Waals surface area contributed by atoms with Crippen LogP contribution in [0.3, 0.4) is 0 Å². The topological polar surface area (TPSA) is 47.7 Å². The van der Waals surface area contributed by atoms with Crippen molar-refractivity contribution in [3.8, 4) is 5.69 Å². The number of rotatable bonds is 6. The molecule has 0 aliphatic rings. The number of fused-ring (bicyclic) bond motifs is 9. The third kappa shape index (κ3) is 4.94. The van der Waals surface area contributed by atoms with Crippen molar-refractivity contribution < 1.29 is 4.42 Å². The summed E-state index contributed by atoms with van der Waals surface area (Å²) in [6, 6.07) is 56.5. The maximum Gasteiger partial charge on any atom is 0.162 e. The molecule has 7 aromatic carbocycles. The predicted octanol–water partition coefficient (Wildman–Crippen LogP) is 12.3. The Labute approximate surface area is 305 Å². The zero-order valence-corrected chi connectivity index (χ0v) is 28.8. The molecule has 0 atom stereocenters. The fourth-order valence-electron chi connectivity index (χ4n) is 7.71. The first-order valence-corrected chi connectivity index (χ1v) is 17.6. The predicted molar refractivity (Wildman–Crippen MR) is 223 cm³/mol. The lowest BCUT2D eigenvalue weighted by molar-refractivity contribution is 0.669. The molecule has 0 N–H and O–H groups in total. The Morgan fingerprint density at radius 2 is 1.09 bits per heavy atom. The average molecular weight is 681 g/mol. The summed E-state index contributed by atoms with van der Waals surface area (Å²) < 4.78 is 10.6. The van der Waals surface area contributed by atoms with Crippen molar-refractivity contribution in [2.24, 2.45) is 9.98 Å². The van der Waals surface area contributed by atoms with Crippen LogP contribution in [0.15, 0.2) is 197 Å². The molecular weight excluding hydrogens is 649 g/mol. The van der Waals surface area contributed by atoms with Gasteiger partial charge in [0.15, 0.2) is 5.84 Å². The van der Waals surface area contributed by atoms with Crippen molar-refractivity contribution in [3.05, 3.63) is 194 Å². The molecule has 0 fully saturated rings. The molecule has 0 saturated heterocycles. The van der Waals surface area contributed by atoms with E-state index < -0.39 is 0 Å². The lowest BCUT2D eigenvalue weighted by atomic mass is 10.1. The highest BCUT2D eigenvalue weighted by atomic mass is 16.3. The largest absolute Gasteiger partial charge is 0.456 e. The van der Waals surface area contributed by atoms with E-state index >= 15 is 0 Å². The van der Waals surface area contributed by atoms with Gasteiger partial charge in [0.2, 0.25) is 0 Å². The summed E-state index contributed by atoms with van der Waals surface area (Å²) in [5.74, 6) is 1.10. The molecule has 10 aromatic rings. The summed E-state index contributed by atoms with van der Waals surface area (Å²) in [6.07, 6.45) is 1.78. The summed E-state index contributed by atoms with van der Waals surface area (Å²) in [7, 11) is 0. The summed E-state index contributed by atoms with van der Waals surface area (Å²) in [4.78, 5) is 10.4. The zero-order valence-electron chi connectivity index (χ0n) is 28.8. The quantitative estimate of drug-likeness (QED) is 0.127. The Hall–Kier alpha value is -7.24. The van der Waals surface area contributed by atoms with Crippen LogP contribution in [-0.2, 0) is 0 Å². The van der Waals surface area contributed by atoms with Gasteiger partial charge < -0.3 is 8.98 Å². The molecule has 53 heavy (non-hydrogen) atoms. The maximum absolute atomic E-state index is 6.10. The van der Waals surface area contributed by atoms with E-state index in [-0.39, 0.29) is 0 Å². The van der Waals surface area contributed by atoms with Gasteiger partial charge in [-0.2, -0.15) is 0 Å². The second-order valence-electron chi connectivity index (χ2n) is 13.2. The Balaban J connectivity index is 1.18. The first kappa shape index (κ1) is 30.6. The van der Waals surface area contributed by atoms with Crippen LogP contribution in [0, 0.1) is 0 Å². The summed E-state index contributed by atoms with van der Waals surface area (Å²) in [6.45, 7) is 8.76. The van der Waals surface area contributed by atoms with Crippen LogP contribution in [0.4, 0.5) is 0 Å². The molecule has 0 bridgehead atoms. The van der Waals surface area contributed by atoms with Crippen molar-refractivity contribution >= 4 is 82.9 Å². The van der Waals surface area contributed by atoms with Crippen LogP contribution in [0.2, 0.25) is 0 Å². The van der Waals surface area contributed by atoms with Gasteiger partial charge in [-0.3, -0.25) is 4.57 Å². The molecular formula is C48H32N4O. The van der Waals surface area contributed by atoms with Gasteiger partial charge in [0.25, 0.3) is 0 Å². The van der Waals surface area contributed by atoms with Crippen LogP contribution in [-0.4, -0.2) is 20.7 Å². The first-order valence-electron chi connectivity index (χ1n) is 17.6. The number of aliphatic imine (C=N–C) groups is 2. The first-order chi connectivity index (χ1) is 26.2. The molecule has 5 heteroatoms. The van der Waals surface area contributed by atoms with Crippen LogP contribution in [0.1, 0.15) is 11.1 Å². The summed E-state index contributed by atoms with van der Waals surface area (Å²) >= 11 is 0. The zero-order chi connectivity index (χ0) is 35.5. The van der Waals surface area contributed by atoms with Gasteiger partial charge in [-0.15, -0.1) is 0 Å². The monoisotopic (exact) mass is 680 g/mol. The number of aromatic nitrogens is 2. The number of hydrogen-bond donors (Lipinski definition) is 0. The third-order valence-electron chi connectivity index (χ3n) is 10.1. The molecule has 3 heterocycles. The van der Waals surface area contributed by atoms with Crippen molar-refractivity contribution in [1.29, 1.82) is 0 Å². The molecule has 10 rings (SSSR count). The molecule has 5 nitrogen and oxygen atoms in total. The molecule has 0 aliphatic heterocycles. The van der Waals surface area contributed by atoms with E-state index in [0.29, 0.717) is 17.4 Å². The van der Waals surface area contributed by atoms with Crippen LogP contribution < -0.4 is 0 Å². The summed E-state index contributed by atoms with van der Waals surface area (Å²) in [5, 5.41) is 6.69. The molecule has 0 radical (unpaired) electrons. The Morgan fingerprint density at radius 1 is 0.491 bits per heavy atom. The van der Waals surface area contributed by atoms with Crippen molar-refractivity contribution in [1.82, 2.24) is 9.13 Å². The highest BCUT2D eigenvalue weighted by Gasteiger charge is 2.19. The molecule has 0 spiro atoms. The second-order valence-corrected chi connectivity index (χ2v) is 13.2. The van der Waals surface area contributed by atoms with E-state index in [0.717, 1.165) is 77.0 Å². The lowest BCUT2D eigenvalue weighted by Crippen LogP contribution is -2.06.